The van der Waals surface area contributed by atoms with Crippen LogP contribution in [0.2, 0.25) is 0 Å². The van der Waals surface area contributed by atoms with Crippen molar-refractivity contribution in [2.24, 2.45) is 5.92 Å². The number of aryl methyl sites for hydroxylation is 2. The monoisotopic (exact) mass is 422 g/mol. The van der Waals surface area contributed by atoms with Gasteiger partial charge >= 0.3 is 0 Å². The molecule has 1 aliphatic heterocycles. The average Bonchev–Trinajstić information content (AvgIpc) is 3.04. The van der Waals surface area contributed by atoms with Crippen molar-refractivity contribution in [2.75, 3.05) is 51.3 Å². The zero-order chi connectivity index (χ0) is 20.6. The van der Waals surface area contributed by atoms with Crippen molar-refractivity contribution in [1.29, 1.82) is 0 Å². The van der Waals surface area contributed by atoms with Gasteiger partial charge in [-0.25, -0.2) is 4.98 Å². The van der Waals surface area contributed by atoms with Crippen molar-refractivity contribution in [3.05, 3.63) is 10.6 Å². The molecule has 162 valence electrons. The molecule has 0 aromatic carbocycles. The Hall–Kier alpha value is -1.51. The molecule has 8 heteroatoms. The Bertz CT molecular complexity index is 662. The second-order valence-electron chi connectivity index (χ2n) is 8.11. The zero-order valence-electron chi connectivity index (χ0n) is 17.7. The van der Waals surface area contributed by atoms with Crippen LogP contribution in [-0.4, -0.2) is 72.5 Å². The van der Waals surface area contributed by atoms with E-state index < -0.39 is 0 Å². The molecule has 0 bridgehead atoms. The van der Waals surface area contributed by atoms with E-state index in [1.807, 2.05) is 13.8 Å². The minimum absolute atomic E-state index is 0.0734. The van der Waals surface area contributed by atoms with Crippen molar-refractivity contribution < 1.29 is 14.3 Å². The number of aromatic nitrogens is 1. The van der Waals surface area contributed by atoms with Crippen LogP contribution in [0.15, 0.2) is 0 Å². The Morgan fingerprint density at radius 1 is 1.21 bits per heavy atom. The number of thiazole rings is 1. The van der Waals surface area contributed by atoms with E-state index in [1.165, 1.54) is 17.8 Å². The summed E-state index contributed by atoms with van der Waals surface area (Å²) >= 11 is 1.48. The molecule has 2 heterocycles. The molecule has 1 aliphatic carbocycles. The molecule has 1 saturated heterocycles. The fourth-order valence-electron chi connectivity index (χ4n) is 4.04. The average molecular weight is 423 g/mol. The van der Waals surface area contributed by atoms with E-state index in [0.29, 0.717) is 11.7 Å². The molecule has 29 heavy (non-hydrogen) atoms. The van der Waals surface area contributed by atoms with Crippen LogP contribution in [0, 0.1) is 19.8 Å². The standard InChI is InChI=1S/C21H34N4O3S/c1-16-17(2)29-21(22-16)23-19(26)15-25(20(27)18-7-4-3-5-8-18)10-6-9-24-11-13-28-14-12-24/h18H,3-15H2,1-2H3,(H,22,23,26). The molecular weight excluding hydrogens is 388 g/mol. The lowest BCUT2D eigenvalue weighted by molar-refractivity contribution is -0.139. The van der Waals surface area contributed by atoms with E-state index in [1.54, 1.807) is 4.90 Å². The summed E-state index contributed by atoms with van der Waals surface area (Å²) in [6, 6.07) is 0. The molecule has 1 aromatic heterocycles. The summed E-state index contributed by atoms with van der Waals surface area (Å²) in [5.74, 6) is 0.0619. The van der Waals surface area contributed by atoms with E-state index in [9.17, 15) is 9.59 Å². The summed E-state index contributed by atoms with van der Waals surface area (Å²) < 4.78 is 5.40. The maximum Gasteiger partial charge on any atom is 0.245 e. The van der Waals surface area contributed by atoms with Gasteiger partial charge in [-0.3, -0.25) is 14.5 Å². The third-order valence-corrected chi connectivity index (χ3v) is 6.87. The Morgan fingerprint density at radius 2 is 1.93 bits per heavy atom. The number of nitrogens with one attached hydrogen (secondary N) is 1. The summed E-state index contributed by atoms with van der Waals surface area (Å²) in [5.41, 5.74) is 0.936. The number of carbonyl (C=O) groups is 2. The van der Waals surface area contributed by atoms with Gasteiger partial charge in [-0.05, 0) is 33.1 Å². The van der Waals surface area contributed by atoms with E-state index in [-0.39, 0.29) is 24.3 Å². The number of nitrogens with zero attached hydrogens (tertiary/aromatic N) is 3. The molecule has 1 aromatic rings. The van der Waals surface area contributed by atoms with Gasteiger partial charge in [0.25, 0.3) is 0 Å². The number of morpholine rings is 1. The molecule has 0 unspecified atom stereocenters. The number of hydrogen-bond acceptors (Lipinski definition) is 6. The highest BCUT2D eigenvalue weighted by atomic mass is 32.1. The van der Waals surface area contributed by atoms with Gasteiger partial charge in [0, 0.05) is 37.0 Å². The highest BCUT2D eigenvalue weighted by Crippen LogP contribution is 2.26. The maximum absolute atomic E-state index is 13.1. The molecule has 1 N–H and O–H groups in total. The molecule has 0 atom stereocenters. The molecular formula is C21H34N4O3S. The lowest BCUT2D eigenvalue weighted by atomic mass is 9.88. The zero-order valence-corrected chi connectivity index (χ0v) is 18.6. The number of carbonyl (C=O) groups excluding carboxylic acids is 2. The number of anilines is 1. The second kappa shape index (κ2) is 11.0. The highest BCUT2D eigenvalue weighted by molar-refractivity contribution is 7.15. The van der Waals surface area contributed by atoms with Crippen molar-refractivity contribution in [1.82, 2.24) is 14.8 Å². The third kappa shape index (κ3) is 6.76. The predicted molar refractivity (Wildman–Crippen MR) is 115 cm³/mol. The van der Waals surface area contributed by atoms with Gasteiger partial charge in [0.2, 0.25) is 11.8 Å². The summed E-state index contributed by atoms with van der Waals surface area (Å²) in [5, 5.41) is 3.49. The van der Waals surface area contributed by atoms with Crippen LogP contribution in [-0.2, 0) is 14.3 Å². The fraction of sp³-hybridized carbons (Fsp3) is 0.762. The Kier molecular flexibility index (Phi) is 8.44. The minimum Gasteiger partial charge on any atom is -0.379 e. The first-order valence-electron chi connectivity index (χ1n) is 10.9. The Labute approximate surface area is 177 Å². The van der Waals surface area contributed by atoms with E-state index in [2.05, 4.69) is 15.2 Å². The van der Waals surface area contributed by atoms with Crippen LogP contribution >= 0.6 is 11.3 Å². The smallest absolute Gasteiger partial charge is 0.245 e. The number of amides is 2. The topological polar surface area (TPSA) is 74.8 Å². The van der Waals surface area contributed by atoms with Crippen molar-refractivity contribution in [3.8, 4) is 0 Å². The molecule has 0 radical (unpaired) electrons. The van der Waals surface area contributed by atoms with Crippen LogP contribution in [0.3, 0.4) is 0 Å². The molecule has 2 fully saturated rings. The van der Waals surface area contributed by atoms with Crippen LogP contribution in [0.25, 0.3) is 0 Å². The summed E-state index contributed by atoms with van der Waals surface area (Å²) in [4.78, 5) is 35.4. The van der Waals surface area contributed by atoms with Crippen molar-refractivity contribution in [2.45, 2.75) is 52.4 Å². The predicted octanol–water partition coefficient (Wildman–Crippen LogP) is 2.83. The van der Waals surface area contributed by atoms with Crippen LogP contribution in [0.4, 0.5) is 5.13 Å². The third-order valence-electron chi connectivity index (χ3n) is 5.88. The Morgan fingerprint density at radius 3 is 2.59 bits per heavy atom. The van der Waals surface area contributed by atoms with Crippen LogP contribution in [0.1, 0.15) is 49.1 Å². The van der Waals surface area contributed by atoms with E-state index in [0.717, 1.165) is 75.5 Å². The summed E-state index contributed by atoms with van der Waals surface area (Å²) in [6.45, 7) is 9.04. The number of ether oxygens (including phenoxy) is 1. The second-order valence-corrected chi connectivity index (χ2v) is 9.31. The lowest BCUT2D eigenvalue weighted by Crippen LogP contribution is -2.44. The van der Waals surface area contributed by atoms with Gasteiger partial charge < -0.3 is 15.0 Å². The molecule has 1 saturated carbocycles. The first-order chi connectivity index (χ1) is 14.0. The number of hydrogen-bond donors (Lipinski definition) is 1. The van der Waals surface area contributed by atoms with Crippen molar-refractivity contribution >= 4 is 28.3 Å². The van der Waals surface area contributed by atoms with Crippen molar-refractivity contribution in [3.63, 3.8) is 0 Å². The van der Waals surface area contributed by atoms with Crippen LogP contribution < -0.4 is 5.32 Å². The van der Waals surface area contributed by atoms with Gasteiger partial charge in [0.15, 0.2) is 5.13 Å². The summed E-state index contributed by atoms with van der Waals surface area (Å²) in [6.07, 6.45) is 6.21. The maximum atomic E-state index is 13.1. The quantitative estimate of drug-likeness (QED) is 0.697. The van der Waals surface area contributed by atoms with Gasteiger partial charge in [-0.2, -0.15) is 0 Å². The highest BCUT2D eigenvalue weighted by Gasteiger charge is 2.27. The molecule has 0 spiro atoms. The SMILES string of the molecule is Cc1nc(NC(=O)CN(CCCN2CCOCC2)C(=O)C2CCCCC2)sc1C. The van der Waals surface area contributed by atoms with Gasteiger partial charge in [-0.1, -0.05) is 19.3 Å². The molecule has 2 aliphatic rings. The lowest BCUT2D eigenvalue weighted by Gasteiger charge is -2.31. The minimum atomic E-state index is -0.158. The number of rotatable bonds is 8. The first kappa shape index (κ1) is 22.2. The van der Waals surface area contributed by atoms with Gasteiger partial charge in [0.1, 0.15) is 0 Å². The normalized spacial score (nSPS) is 18.6. The Balaban J connectivity index is 1.56. The molecule has 2 amide bonds. The molecule has 3 rings (SSSR count). The van der Waals surface area contributed by atoms with Crippen LogP contribution in [0.5, 0.6) is 0 Å². The largest absolute Gasteiger partial charge is 0.379 e. The first-order valence-corrected chi connectivity index (χ1v) is 11.7. The van der Waals surface area contributed by atoms with E-state index in [4.69, 9.17) is 4.74 Å². The summed E-state index contributed by atoms with van der Waals surface area (Å²) in [7, 11) is 0. The van der Waals surface area contributed by atoms with Gasteiger partial charge in [0.05, 0.1) is 25.5 Å². The fourth-order valence-corrected chi connectivity index (χ4v) is 4.87. The van der Waals surface area contributed by atoms with Gasteiger partial charge in [-0.15, -0.1) is 11.3 Å². The molecule has 7 nitrogen and oxygen atoms in total. The van der Waals surface area contributed by atoms with E-state index >= 15 is 0 Å².